The zero-order valence-electron chi connectivity index (χ0n) is 15.2. The van der Waals surface area contributed by atoms with Crippen LogP contribution in [-0.2, 0) is 10.5 Å². The molecule has 0 spiro atoms. The highest BCUT2D eigenvalue weighted by Gasteiger charge is 2.41. The van der Waals surface area contributed by atoms with Crippen molar-refractivity contribution in [2.75, 3.05) is 6.61 Å². The SMILES string of the molecule is CCC/C=C/C(OCC)(C(O)c1ccccc1)n1nnc2ccccc21. The molecule has 1 N–H and O–H groups in total. The summed E-state index contributed by atoms with van der Waals surface area (Å²) in [5.41, 5.74) is 1.18. The molecule has 2 aromatic carbocycles. The van der Waals surface area contributed by atoms with Crippen LogP contribution in [0.4, 0.5) is 0 Å². The average Bonchev–Trinajstić information content (AvgIpc) is 3.12. The van der Waals surface area contributed by atoms with Crippen LogP contribution in [0, 0.1) is 0 Å². The molecule has 2 atom stereocenters. The van der Waals surface area contributed by atoms with Gasteiger partial charge in [-0.2, -0.15) is 0 Å². The van der Waals surface area contributed by atoms with Crippen molar-refractivity contribution in [3.63, 3.8) is 0 Å². The van der Waals surface area contributed by atoms with Crippen LogP contribution in [0.1, 0.15) is 38.4 Å². The molecular weight excluding hydrogens is 326 g/mol. The highest BCUT2D eigenvalue weighted by molar-refractivity contribution is 5.74. The van der Waals surface area contributed by atoms with E-state index in [1.54, 1.807) is 4.68 Å². The van der Waals surface area contributed by atoms with Crippen LogP contribution in [0.2, 0.25) is 0 Å². The number of aliphatic hydroxyl groups excluding tert-OH is 1. The number of hydrogen-bond donors (Lipinski definition) is 1. The van der Waals surface area contributed by atoms with E-state index in [0.29, 0.717) is 6.61 Å². The Labute approximate surface area is 153 Å². The Balaban J connectivity index is 2.19. The lowest BCUT2D eigenvalue weighted by Gasteiger charge is -2.35. The summed E-state index contributed by atoms with van der Waals surface area (Å²) in [6, 6.07) is 17.2. The molecule has 3 aromatic rings. The number of allylic oxidation sites excluding steroid dienone is 1. The minimum atomic E-state index is -1.17. The van der Waals surface area contributed by atoms with E-state index in [2.05, 4.69) is 17.2 Å². The second kappa shape index (κ2) is 8.25. The van der Waals surface area contributed by atoms with Crippen molar-refractivity contribution in [1.82, 2.24) is 15.0 Å². The first-order valence-corrected chi connectivity index (χ1v) is 9.08. The van der Waals surface area contributed by atoms with Gasteiger partial charge in [-0.15, -0.1) is 5.10 Å². The van der Waals surface area contributed by atoms with Crippen molar-refractivity contribution in [2.24, 2.45) is 0 Å². The lowest BCUT2D eigenvalue weighted by atomic mass is 9.97. The molecule has 0 aliphatic carbocycles. The molecule has 5 nitrogen and oxygen atoms in total. The topological polar surface area (TPSA) is 60.2 Å². The molecule has 0 saturated heterocycles. The van der Waals surface area contributed by atoms with Crippen molar-refractivity contribution in [3.8, 4) is 0 Å². The number of fused-ring (bicyclic) bond motifs is 1. The third kappa shape index (κ3) is 3.41. The second-order valence-corrected chi connectivity index (χ2v) is 6.18. The number of ether oxygens (including phenoxy) is 1. The first-order chi connectivity index (χ1) is 12.7. The second-order valence-electron chi connectivity index (χ2n) is 6.18. The van der Waals surface area contributed by atoms with E-state index >= 15 is 0 Å². The number of aromatic nitrogens is 3. The molecule has 1 aromatic heterocycles. The number of aliphatic hydroxyl groups is 1. The predicted octanol–water partition coefficient (Wildman–Crippen LogP) is 4.21. The highest BCUT2D eigenvalue weighted by atomic mass is 16.5. The summed E-state index contributed by atoms with van der Waals surface area (Å²) in [4.78, 5) is 0. The number of hydrogen-bond acceptors (Lipinski definition) is 4. The van der Waals surface area contributed by atoms with Gasteiger partial charge >= 0.3 is 0 Å². The Morgan fingerprint density at radius 1 is 1.12 bits per heavy atom. The lowest BCUT2D eigenvalue weighted by Crippen LogP contribution is -2.42. The van der Waals surface area contributed by atoms with E-state index in [1.807, 2.05) is 73.7 Å². The Kier molecular flexibility index (Phi) is 5.81. The van der Waals surface area contributed by atoms with Gasteiger partial charge in [0.25, 0.3) is 0 Å². The van der Waals surface area contributed by atoms with Gasteiger partial charge in [-0.3, -0.25) is 0 Å². The summed E-state index contributed by atoms with van der Waals surface area (Å²) in [5.74, 6) is 0. The summed E-state index contributed by atoms with van der Waals surface area (Å²) in [6.07, 6.45) is 4.93. The summed E-state index contributed by atoms with van der Waals surface area (Å²) in [6.45, 7) is 4.46. The summed E-state index contributed by atoms with van der Waals surface area (Å²) < 4.78 is 7.86. The van der Waals surface area contributed by atoms with E-state index in [4.69, 9.17) is 4.74 Å². The normalized spacial score (nSPS) is 15.3. The van der Waals surface area contributed by atoms with Crippen LogP contribution < -0.4 is 0 Å². The van der Waals surface area contributed by atoms with E-state index in [1.165, 1.54) is 0 Å². The molecular formula is C21H25N3O2. The van der Waals surface area contributed by atoms with Crippen molar-refractivity contribution < 1.29 is 9.84 Å². The molecule has 5 heteroatoms. The highest BCUT2D eigenvalue weighted by Crippen LogP contribution is 2.37. The molecule has 0 aliphatic heterocycles. The summed E-state index contributed by atoms with van der Waals surface area (Å²) in [7, 11) is 0. The Morgan fingerprint density at radius 2 is 1.85 bits per heavy atom. The molecule has 1 heterocycles. The number of nitrogens with zero attached hydrogens (tertiary/aromatic N) is 3. The minimum absolute atomic E-state index is 0.425. The van der Waals surface area contributed by atoms with Gasteiger partial charge in [0.2, 0.25) is 5.72 Å². The van der Waals surface area contributed by atoms with E-state index < -0.39 is 11.8 Å². The molecule has 136 valence electrons. The summed E-state index contributed by atoms with van der Waals surface area (Å²) >= 11 is 0. The average molecular weight is 351 g/mol. The van der Waals surface area contributed by atoms with Crippen LogP contribution >= 0.6 is 0 Å². The fraction of sp³-hybridized carbons (Fsp3) is 0.333. The monoisotopic (exact) mass is 351 g/mol. The van der Waals surface area contributed by atoms with Gasteiger partial charge in [-0.05, 0) is 37.1 Å². The smallest absolute Gasteiger partial charge is 0.212 e. The fourth-order valence-electron chi connectivity index (χ4n) is 3.12. The molecule has 0 aliphatic rings. The molecule has 0 fully saturated rings. The van der Waals surface area contributed by atoms with Crippen molar-refractivity contribution >= 4 is 11.0 Å². The molecule has 0 saturated carbocycles. The van der Waals surface area contributed by atoms with E-state index in [9.17, 15) is 5.11 Å². The first-order valence-electron chi connectivity index (χ1n) is 9.08. The van der Waals surface area contributed by atoms with Crippen molar-refractivity contribution in [2.45, 2.75) is 38.5 Å². The maximum atomic E-state index is 11.3. The molecule has 26 heavy (non-hydrogen) atoms. The van der Waals surface area contributed by atoms with Gasteiger partial charge in [0.15, 0.2) is 0 Å². The molecule has 2 unspecified atom stereocenters. The van der Waals surface area contributed by atoms with E-state index in [0.717, 1.165) is 29.4 Å². The molecule has 0 bridgehead atoms. The minimum Gasteiger partial charge on any atom is -0.383 e. The Morgan fingerprint density at radius 3 is 2.58 bits per heavy atom. The maximum Gasteiger partial charge on any atom is 0.212 e. The van der Waals surface area contributed by atoms with Gasteiger partial charge in [0.05, 0.1) is 5.52 Å². The molecule has 3 rings (SSSR count). The third-order valence-corrected chi connectivity index (χ3v) is 4.38. The third-order valence-electron chi connectivity index (χ3n) is 4.38. The number of benzene rings is 2. The van der Waals surface area contributed by atoms with Crippen molar-refractivity contribution in [1.29, 1.82) is 0 Å². The number of unbranched alkanes of at least 4 members (excludes halogenated alkanes) is 1. The van der Waals surface area contributed by atoms with Gasteiger partial charge in [-0.1, -0.05) is 67.1 Å². The number of para-hydroxylation sites is 1. The summed E-state index contributed by atoms with van der Waals surface area (Å²) in [5, 5.41) is 19.9. The van der Waals surface area contributed by atoms with Gasteiger partial charge in [-0.25, -0.2) is 4.68 Å². The quantitative estimate of drug-likeness (QED) is 0.618. The number of rotatable bonds is 8. The van der Waals surface area contributed by atoms with Crippen molar-refractivity contribution in [3.05, 3.63) is 72.3 Å². The zero-order valence-corrected chi connectivity index (χ0v) is 15.2. The van der Waals surface area contributed by atoms with Gasteiger partial charge < -0.3 is 9.84 Å². The van der Waals surface area contributed by atoms with Crippen LogP contribution in [0.5, 0.6) is 0 Å². The van der Waals surface area contributed by atoms with Crippen LogP contribution in [-0.4, -0.2) is 26.7 Å². The van der Waals surface area contributed by atoms with Gasteiger partial charge in [0, 0.05) is 6.61 Å². The predicted molar refractivity (Wildman–Crippen MR) is 103 cm³/mol. The maximum absolute atomic E-state index is 11.3. The van der Waals surface area contributed by atoms with Crippen LogP contribution in [0.25, 0.3) is 11.0 Å². The fourth-order valence-corrected chi connectivity index (χ4v) is 3.12. The molecule has 0 radical (unpaired) electrons. The van der Waals surface area contributed by atoms with Gasteiger partial charge in [0.1, 0.15) is 11.6 Å². The standard InChI is InChI=1S/C21H25N3O2/c1-3-5-11-16-21(26-4-2,20(25)17-12-7-6-8-13-17)24-19-15-10-9-14-18(19)22-23-24/h6-16,20,25H,3-5H2,1-2H3/b16-11+. The zero-order chi connectivity index (χ0) is 18.4. The Hall–Kier alpha value is -2.50. The lowest BCUT2D eigenvalue weighted by molar-refractivity contribution is -0.149. The Bertz CT molecular complexity index is 860. The van der Waals surface area contributed by atoms with Crippen LogP contribution in [0.3, 0.4) is 0 Å². The van der Waals surface area contributed by atoms with Crippen LogP contribution in [0.15, 0.2) is 66.7 Å². The van der Waals surface area contributed by atoms with E-state index in [-0.39, 0.29) is 0 Å². The molecule has 0 amide bonds. The largest absolute Gasteiger partial charge is 0.383 e. The first kappa shape index (κ1) is 18.3.